The molecule has 1 saturated heterocycles. The second-order valence-electron chi connectivity index (χ2n) is 12.7. The number of hydrogen-bond acceptors (Lipinski definition) is 7. The molecular weight excluding hydrogens is 649 g/mol. The van der Waals surface area contributed by atoms with E-state index in [0.717, 1.165) is 16.3 Å². The van der Waals surface area contributed by atoms with Crippen LogP contribution >= 0.6 is 0 Å². The molecular formula is C38H37F3N4O5. The summed E-state index contributed by atoms with van der Waals surface area (Å²) in [7, 11) is 0. The number of imide groups is 1. The van der Waals surface area contributed by atoms with Crippen LogP contribution in [0.5, 0.6) is 0 Å². The van der Waals surface area contributed by atoms with Crippen molar-refractivity contribution in [3.8, 4) is 11.3 Å². The van der Waals surface area contributed by atoms with Gasteiger partial charge in [-0.3, -0.25) is 38.8 Å². The molecule has 3 amide bonds. The largest absolute Gasteiger partial charge is 0.471 e. The minimum absolute atomic E-state index is 0.0135. The van der Waals surface area contributed by atoms with Crippen molar-refractivity contribution in [1.29, 1.82) is 0 Å². The third kappa shape index (κ3) is 8.67. The smallest absolute Gasteiger partial charge is 0.344 e. The fourth-order valence-corrected chi connectivity index (χ4v) is 6.17. The Kier molecular flexibility index (Phi) is 11.2. The molecule has 9 nitrogen and oxygen atoms in total. The zero-order valence-corrected chi connectivity index (χ0v) is 27.7. The Morgan fingerprint density at radius 1 is 0.940 bits per heavy atom. The first kappa shape index (κ1) is 36.1. The van der Waals surface area contributed by atoms with Gasteiger partial charge in [-0.25, -0.2) is 0 Å². The van der Waals surface area contributed by atoms with Crippen molar-refractivity contribution in [2.45, 2.75) is 51.4 Å². The van der Waals surface area contributed by atoms with Crippen LogP contribution in [0.25, 0.3) is 22.0 Å². The van der Waals surface area contributed by atoms with Crippen molar-refractivity contribution < 1.29 is 37.1 Å². The van der Waals surface area contributed by atoms with Gasteiger partial charge in [-0.1, -0.05) is 80.6 Å². The Balaban J connectivity index is 1.28. The number of alkyl halides is 3. The van der Waals surface area contributed by atoms with Crippen LogP contribution in [0, 0.1) is 5.92 Å². The van der Waals surface area contributed by atoms with Gasteiger partial charge in [0, 0.05) is 17.3 Å². The molecule has 12 heteroatoms. The molecule has 1 fully saturated rings. The Bertz CT molecular complexity index is 1900. The second kappa shape index (κ2) is 15.5. The summed E-state index contributed by atoms with van der Waals surface area (Å²) in [6.45, 7) is 2.96. The topological polar surface area (TPSA) is 117 Å². The molecule has 1 aliphatic rings. The number of fused-ring (bicyclic) bond motifs is 1. The molecule has 0 radical (unpaired) electrons. The van der Waals surface area contributed by atoms with E-state index in [1.807, 2.05) is 30.3 Å². The quantitative estimate of drug-likeness (QED) is 0.222. The Morgan fingerprint density at radius 3 is 2.38 bits per heavy atom. The summed E-state index contributed by atoms with van der Waals surface area (Å²) in [5, 5.41) is 4.14. The van der Waals surface area contributed by atoms with Gasteiger partial charge in [0.05, 0.1) is 31.2 Å². The summed E-state index contributed by atoms with van der Waals surface area (Å²) >= 11 is 0. The minimum atomic E-state index is -5.44. The van der Waals surface area contributed by atoms with E-state index in [1.165, 1.54) is 13.8 Å². The number of pyridine rings is 1. The van der Waals surface area contributed by atoms with Gasteiger partial charge in [0.2, 0.25) is 11.8 Å². The number of Topliss-reactive ketones (excluding diaryl/α,β-unsaturated/α-hetero) is 2. The number of hydrogen-bond donors (Lipinski definition) is 1. The van der Waals surface area contributed by atoms with Crippen molar-refractivity contribution in [2.24, 2.45) is 5.92 Å². The second-order valence-corrected chi connectivity index (χ2v) is 12.7. The van der Waals surface area contributed by atoms with E-state index in [1.54, 1.807) is 65.7 Å². The molecule has 1 N–H and O–H groups in total. The highest BCUT2D eigenvalue weighted by atomic mass is 19.4. The van der Waals surface area contributed by atoms with E-state index in [2.05, 4.69) is 10.3 Å². The van der Waals surface area contributed by atoms with Gasteiger partial charge in [0.1, 0.15) is 6.04 Å². The van der Waals surface area contributed by atoms with E-state index < -0.39 is 54.1 Å². The number of nitrogens with zero attached hydrogens (tertiary/aromatic N) is 3. The van der Waals surface area contributed by atoms with Gasteiger partial charge in [0.25, 0.3) is 0 Å². The molecule has 3 aromatic carbocycles. The summed E-state index contributed by atoms with van der Waals surface area (Å²) in [4.78, 5) is 72.4. The zero-order valence-electron chi connectivity index (χ0n) is 27.7. The Labute approximate surface area is 287 Å². The normalized spacial score (nSPS) is 16.1. The third-order valence-electron chi connectivity index (χ3n) is 8.64. The molecule has 260 valence electrons. The predicted octanol–water partition coefficient (Wildman–Crippen LogP) is 5.42. The Hall–Kier alpha value is -5.23. The van der Waals surface area contributed by atoms with Crippen molar-refractivity contribution in [2.75, 3.05) is 19.6 Å². The summed E-state index contributed by atoms with van der Waals surface area (Å²) < 4.78 is 41.6. The first-order chi connectivity index (χ1) is 23.8. The molecule has 0 bridgehead atoms. The molecule has 4 aromatic rings. The number of ketones is 2. The molecule has 50 heavy (non-hydrogen) atoms. The molecule has 2 atom stereocenters. The van der Waals surface area contributed by atoms with Crippen LogP contribution in [-0.2, 0) is 25.6 Å². The Morgan fingerprint density at radius 2 is 1.68 bits per heavy atom. The number of aromatic nitrogens is 1. The van der Waals surface area contributed by atoms with E-state index in [9.17, 15) is 37.1 Å². The first-order valence-electron chi connectivity index (χ1n) is 16.3. The number of likely N-dealkylation sites (tertiary alicyclic amines) is 1. The third-order valence-corrected chi connectivity index (χ3v) is 8.64. The van der Waals surface area contributed by atoms with Gasteiger partial charge in [-0.05, 0) is 59.8 Å². The van der Waals surface area contributed by atoms with Gasteiger partial charge in [-0.15, -0.1) is 0 Å². The highest BCUT2D eigenvalue weighted by Gasteiger charge is 2.50. The molecule has 1 aromatic heterocycles. The maximum Gasteiger partial charge on any atom is 0.471 e. The average Bonchev–Trinajstić information content (AvgIpc) is 3.26. The van der Waals surface area contributed by atoms with Crippen LogP contribution in [-0.4, -0.2) is 82.0 Å². The van der Waals surface area contributed by atoms with Crippen molar-refractivity contribution >= 4 is 40.1 Å². The molecule has 1 aliphatic heterocycles. The van der Waals surface area contributed by atoms with Gasteiger partial charge >= 0.3 is 12.1 Å². The van der Waals surface area contributed by atoms with E-state index in [4.69, 9.17) is 0 Å². The summed E-state index contributed by atoms with van der Waals surface area (Å²) in [6, 6.07) is 21.7. The molecule has 5 rings (SSSR count). The van der Waals surface area contributed by atoms with Crippen LogP contribution in [0.2, 0.25) is 0 Å². The van der Waals surface area contributed by atoms with E-state index in [0.29, 0.717) is 29.8 Å². The number of halogens is 3. The number of carbonyl (C=O) groups is 5. The SMILES string of the molecule is CC(C)C(C(=O)NC1CCCN(CC(=O)c2cccc(-c3ccccn3)c2)CC1=O)N(C(=O)Cc1ccc2ccccc2c1)C(=O)C(F)(F)F. The minimum Gasteiger partial charge on any atom is -0.344 e. The van der Waals surface area contributed by atoms with E-state index >= 15 is 0 Å². The molecule has 0 spiro atoms. The maximum atomic E-state index is 13.9. The number of rotatable bonds is 10. The summed E-state index contributed by atoms with van der Waals surface area (Å²) in [5.74, 6) is -6.27. The van der Waals surface area contributed by atoms with Crippen LogP contribution in [0.4, 0.5) is 13.2 Å². The van der Waals surface area contributed by atoms with E-state index in [-0.39, 0.29) is 30.2 Å². The number of carbonyl (C=O) groups excluding carboxylic acids is 5. The molecule has 2 unspecified atom stereocenters. The fraction of sp³-hybridized carbons (Fsp3) is 0.316. The van der Waals surface area contributed by atoms with Crippen LogP contribution in [0.1, 0.15) is 42.6 Å². The highest BCUT2D eigenvalue weighted by molar-refractivity contribution is 6.04. The zero-order chi connectivity index (χ0) is 36.0. The average molecular weight is 687 g/mol. The lowest BCUT2D eigenvalue weighted by Crippen LogP contribution is -2.60. The van der Waals surface area contributed by atoms with Crippen LogP contribution < -0.4 is 5.32 Å². The lowest BCUT2D eigenvalue weighted by Gasteiger charge is -2.33. The maximum absolute atomic E-state index is 13.9. The summed E-state index contributed by atoms with van der Waals surface area (Å²) in [5.41, 5.74) is 2.28. The van der Waals surface area contributed by atoms with Crippen molar-refractivity contribution in [1.82, 2.24) is 20.1 Å². The monoisotopic (exact) mass is 686 g/mol. The standard InChI is InChI=1S/C38H37F3N4O5/c1-24(2)35(45(37(50)38(39,40)41)34(48)20-25-15-16-26-9-3-4-10-27(26)19-25)36(49)43-31-14-8-18-44(23-33(31)47)22-32(46)29-12-7-11-28(21-29)30-13-5-6-17-42-30/h3-7,9-13,15-17,19,21,24,31,35H,8,14,18,20,22-23H2,1-2H3,(H,43,49). The first-order valence-corrected chi connectivity index (χ1v) is 16.3. The molecule has 0 saturated carbocycles. The van der Waals surface area contributed by atoms with Crippen LogP contribution in [0.3, 0.4) is 0 Å². The molecule has 2 heterocycles. The fourth-order valence-electron chi connectivity index (χ4n) is 6.17. The number of amides is 3. The van der Waals surface area contributed by atoms with Gasteiger partial charge < -0.3 is 5.32 Å². The predicted molar refractivity (Wildman–Crippen MR) is 181 cm³/mol. The van der Waals surface area contributed by atoms with Crippen LogP contribution in [0.15, 0.2) is 91.1 Å². The van der Waals surface area contributed by atoms with Gasteiger partial charge in [-0.2, -0.15) is 13.2 Å². The summed E-state index contributed by atoms with van der Waals surface area (Å²) in [6.07, 6.45) is -3.78. The van der Waals surface area contributed by atoms with Crippen molar-refractivity contribution in [3.63, 3.8) is 0 Å². The van der Waals surface area contributed by atoms with Crippen molar-refractivity contribution in [3.05, 3.63) is 102 Å². The lowest BCUT2D eigenvalue weighted by molar-refractivity contribution is -0.191. The highest BCUT2D eigenvalue weighted by Crippen LogP contribution is 2.26. The van der Waals surface area contributed by atoms with Gasteiger partial charge in [0.15, 0.2) is 11.6 Å². The lowest BCUT2D eigenvalue weighted by atomic mass is 9.98. The number of benzene rings is 3. The number of nitrogens with one attached hydrogen (secondary N) is 1. The molecule has 0 aliphatic carbocycles.